The predicted octanol–water partition coefficient (Wildman–Crippen LogP) is 2.73. The highest BCUT2D eigenvalue weighted by Gasteiger charge is 2.21. The summed E-state index contributed by atoms with van der Waals surface area (Å²) in [6, 6.07) is 1.29. The Kier molecular flexibility index (Phi) is 5.48. The Balaban J connectivity index is 2.17. The van der Waals surface area contributed by atoms with Gasteiger partial charge in [0.05, 0.1) is 11.9 Å². The van der Waals surface area contributed by atoms with Crippen molar-refractivity contribution < 1.29 is 17.6 Å². The van der Waals surface area contributed by atoms with Gasteiger partial charge in [0.1, 0.15) is 30.3 Å². The molecule has 0 fully saturated rings. The Morgan fingerprint density at radius 3 is 2.78 bits per heavy atom. The van der Waals surface area contributed by atoms with Crippen molar-refractivity contribution in [3.63, 3.8) is 0 Å². The number of aromatic nitrogens is 2. The van der Waals surface area contributed by atoms with Crippen molar-refractivity contribution in [2.75, 3.05) is 17.3 Å². The van der Waals surface area contributed by atoms with Crippen molar-refractivity contribution in [3.8, 4) is 10.6 Å². The number of amides is 1. The topological polar surface area (TPSA) is 89.0 Å². The van der Waals surface area contributed by atoms with Crippen LogP contribution in [-0.2, 0) is 14.6 Å². The average molecular weight is 422 g/mol. The minimum atomic E-state index is -3.25. The molecule has 0 aliphatic heterocycles. The normalized spacial score (nSPS) is 12.9. The molecule has 23 heavy (non-hydrogen) atoms. The number of thiazole rings is 1. The highest BCUT2D eigenvalue weighted by Crippen LogP contribution is 2.35. The molecule has 124 valence electrons. The monoisotopic (exact) mass is 421 g/mol. The molecule has 2 aromatic rings. The van der Waals surface area contributed by atoms with Gasteiger partial charge in [0.15, 0.2) is 0 Å². The molecule has 1 unspecified atom stereocenters. The van der Waals surface area contributed by atoms with E-state index in [1.807, 2.05) is 0 Å². The summed E-state index contributed by atoms with van der Waals surface area (Å²) in [5.74, 6) is -1.85. The van der Waals surface area contributed by atoms with Crippen molar-refractivity contribution in [2.45, 2.75) is 6.92 Å². The first-order valence-electron chi connectivity index (χ1n) is 6.41. The third-order valence-electron chi connectivity index (χ3n) is 2.77. The van der Waals surface area contributed by atoms with Gasteiger partial charge in [-0.2, -0.15) is 0 Å². The second-order valence-electron chi connectivity index (χ2n) is 5.01. The number of rotatable bonds is 5. The highest BCUT2D eigenvalue weighted by molar-refractivity contribution is 9.10. The first-order valence-corrected chi connectivity index (χ1v) is 10.1. The third kappa shape index (κ3) is 5.05. The average Bonchev–Trinajstić information content (AvgIpc) is 2.78. The summed E-state index contributed by atoms with van der Waals surface area (Å²) in [7, 11) is -3.25. The van der Waals surface area contributed by atoms with E-state index < -0.39 is 27.5 Å². The summed E-state index contributed by atoms with van der Waals surface area (Å²) in [6.07, 6.45) is 3.63. The van der Waals surface area contributed by atoms with Gasteiger partial charge in [0.2, 0.25) is 5.91 Å². The zero-order chi connectivity index (χ0) is 17.2. The molecule has 10 heteroatoms. The van der Waals surface area contributed by atoms with Crippen LogP contribution in [0, 0.1) is 11.7 Å². The second kappa shape index (κ2) is 7.02. The summed E-state index contributed by atoms with van der Waals surface area (Å²) >= 11 is 4.36. The lowest BCUT2D eigenvalue weighted by atomic mass is 10.2. The molecule has 0 aliphatic rings. The summed E-state index contributed by atoms with van der Waals surface area (Å²) in [4.78, 5) is 20.0. The number of carbonyl (C=O) groups is 1. The van der Waals surface area contributed by atoms with Gasteiger partial charge in [-0.15, -0.1) is 0 Å². The molecule has 0 saturated heterocycles. The lowest BCUT2D eigenvalue weighted by molar-refractivity contribution is -0.118. The maximum atomic E-state index is 13.2. The fourth-order valence-electron chi connectivity index (χ4n) is 1.80. The Bertz CT molecular complexity index is 839. The van der Waals surface area contributed by atoms with Crippen molar-refractivity contribution in [1.82, 2.24) is 9.97 Å². The lowest BCUT2D eigenvalue weighted by Crippen LogP contribution is -2.26. The van der Waals surface area contributed by atoms with Crippen molar-refractivity contribution in [1.29, 1.82) is 0 Å². The highest BCUT2D eigenvalue weighted by atomic mass is 79.9. The molecule has 6 nitrogen and oxygen atoms in total. The largest absolute Gasteiger partial charge is 0.315 e. The zero-order valence-corrected chi connectivity index (χ0v) is 15.4. The molecular weight excluding hydrogens is 409 g/mol. The van der Waals surface area contributed by atoms with Crippen LogP contribution in [0.1, 0.15) is 6.92 Å². The van der Waals surface area contributed by atoms with Crippen LogP contribution in [0.3, 0.4) is 0 Å². The summed E-state index contributed by atoms with van der Waals surface area (Å²) in [5, 5.41) is 3.54. The SMILES string of the molecule is CC(CS(C)(=O)=O)C(=O)Nc1sc(-c2cncc(F)c2)nc1Br. The van der Waals surface area contributed by atoms with Crippen LogP contribution in [0.15, 0.2) is 23.1 Å². The van der Waals surface area contributed by atoms with Crippen molar-refractivity contribution >= 4 is 48.0 Å². The van der Waals surface area contributed by atoms with E-state index in [9.17, 15) is 17.6 Å². The molecular formula is C13H13BrFN3O3S2. The van der Waals surface area contributed by atoms with Crippen LogP contribution in [-0.4, -0.2) is 36.3 Å². The van der Waals surface area contributed by atoms with Crippen LogP contribution in [0.4, 0.5) is 9.39 Å². The van der Waals surface area contributed by atoms with Crippen LogP contribution in [0.25, 0.3) is 10.6 Å². The minimum absolute atomic E-state index is 0.240. The number of hydrogen-bond donors (Lipinski definition) is 1. The van der Waals surface area contributed by atoms with Gasteiger partial charge in [-0.1, -0.05) is 18.3 Å². The molecule has 2 heterocycles. The number of carbonyl (C=O) groups excluding carboxylic acids is 1. The summed E-state index contributed by atoms with van der Waals surface area (Å²) in [6.45, 7) is 1.53. The fourth-order valence-corrected chi connectivity index (χ4v) is 4.33. The maximum Gasteiger partial charge on any atom is 0.228 e. The predicted molar refractivity (Wildman–Crippen MR) is 90.5 cm³/mol. The molecule has 1 atom stereocenters. The quantitative estimate of drug-likeness (QED) is 0.801. The molecule has 0 radical (unpaired) electrons. The maximum absolute atomic E-state index is 13.2. The standard InChI is InChI=1S/C13H13BrFN3O3S2/c1-7(6-23(2,20)21)11(19)18-13-10(14)17-12(22-13)8-3-9(15)5-16-4-8/h3-5,7H,6H2,1-2H3,(H,18,19). The zero-order valence-electron chi connectivity index (χ0n) is 12.2. The van der Waals surface area contributed by atoms with Crippen LogP contribution < -0.4 is 5.32 Å². The molecule has 0 aromatic carbocycles. The number of hydrogen-bond acceptors (Lipinski definition) is 6. The molecule has 1 amide bonds. The van der Waals surface area contributed by atoms with Gasteiger partial charge in [-0.25, -0.2) is 17.8 Å². The van der Waals surface area contributed by atoms with Crippen LogP contribution >= 0.6 is 27.3 Å². The minimum Gasteiger partial charge on any atom is -0.315 e. The van der Waals surface area contributed by atoms with Crippen molar-refractivity contribution in [3.05, 3.63) is 28.9 Å². The molecule has 2 aromatic heterocycles. The Morgan fingerprint density at radius 1 is 1.48 bits per heavy atom. The molecule has 2 rings (SSSR count). The summed E-state index contributed by atoms with van der Waals surface area (Å²) < 4.78 is 36.1. The van der Waals surface area contributed by atoms with Gasteiger partial charge >= 0.3 is 0 Å². The molecule has 0 spiro atoms. The number of nitrogens with one attached hydrogen (secondary N) is 1. The first-order chi connectivity index (χ1) is 10.7. The van der Waals surface area contributed by atoms with Gasteiger partial charge in [-0.3, -0.25) is 9.78 Å². The van der Waals surface area contributed by atoms with E-state index in [1.165, 1.54) is 19.2 Å². The van der Waals surface area contributed by atoms with E-state index in [-0.39, 0.29) is 5.75 Å². The van der Waals surface area contributed by atoms with Crippen LogP contribution in [0.5, 0.6) is 0 Å². The van der Waals surface area contributed by atoms with Gasteiger partial charge in [0, 0.05) is 23.9 Å². The third-order valence-corrected chi connectivity index (χ3v) is 5.74. The van der Waals surface area contributed by atoms with E-state index in [1.54, 1.807) is 0 Å². The smallest absolute Gasteiger partial charge is 0.228 e. The van der Waals surface area contributed by atoms with Crippen LogP contribution in [0.2, 0.25) is 0 Å². The molecule has 0 saturated carbocycles. The molecule has 0 aliphatic carbocycles. The molecule has 0 bridgehead atoms. The van der Waals surface area contributed by atoms with E-state index in [2.05, 4.69) is 31.2 Å². The lowest BCUT2D eigenvalue weighted by Gasteiger charge is -2.09. The number of sulfone groups is 1. The van der Waals surface area contributed by atoms with E-state index in [0.29, 0.717) is 20.2 Å². The summed E-state index contributed by atoms with van der Waals surface area (Å²) in [5.41, 5.74) is 0.486. The number of pyridine rings is 1. The van der Waals surface area contributed by atoms with Gasteiger partial charge < -0.3 is 5.32 Å². The van der Waals surface area contributed by atoms with E-state index in [4.69, 9.17) is 0 Å². The number of nitrogens with zero attached hydrogens (tertiary/aromatic N) is 2. The van der Waals surface area contributed by atoms with E-state index >= 15 is 0 Å². The number of anilines is 1. The second-order valence-corrected chi connectivity index (χ2v) is 8.95. The van der Waals surface area contributed by atoms with Crippen molar-refractivity contribution in [2.24, 2.45) is 5.92 Å². The van der Waals surface area contributed by atoms with Gasteiger partial charge in [0.25, 0.3) is 0 Å². The van der Waals surface area contributed by atoms with Gasteiger partial charge in [-0.05, 0) is 22.0 Å². The Morgan fingerprint density at radius 2 is 2.17 bits per heavy atom. The fraction of sp³-hybridized carbons (Fsp3) is 0.308. The first kappa shape index (κ1) is 18.0. The Labute approximate surface area is 145 Å². The van der Waals surface area contributed by atoms with E-state index in [0.717, 1.165) is 23.8 Å². The molecule has 1 N–H and O–H groups in total. The Hall–Kier alpha value is -1.39. The number of halogens is 2.